The molecule has 2 aromatic carbocycles. The monoisotopic (exact) mass is 379 g/mol. The lowest BCUT2D eigenvalue weighted by Gasteiger charge is -2.38. The molecule has 0 aromatic heterocycles. The molecule has 0 bridgehead atoms. The fraction of sp³-hybridized carbons (Fsp3) is 0.318. The van der Waals surface area contributed by atoms with Crippen LogP contribution < -0.4 is 5.32 Å². The summed E-state index contributed by atoms with van der Waals surface area (Å²) in [6.45, 7) is -0.0734. The van der Waals surface area contributed by atoms with Crippen molar-refractivity contribution in [2.24, 2.45) is 4.99 Å². The molecule has 0 saturated heterocycles. The quantitative estimate of drug-likeness (QED) is 0.879. The first-order valence-electron chi connectivity index (χ1n) is 9.60. The number of carbonyl (C=O) groups is 2. The van der Waals surface area contributed by atoms with Crippen molar-refractivity contribution in [3.63, 3.8) is 0 Å². The molecule has 0 radical (unpaired) electrons. The summed E-state index contributed by atoms with van der Waals surface area (Å²) in [6.07, 6.45) is 4.60. The number of hydrogen-bond donors (Lipinski definition) is 1. The standard InChI is InChI=1S/C22H22FN3O2/c23-17-9-11-18(12-10-17)24-19(27)15-26-21(28)20(16-7-3-1-4-8-16)25-22(26)13-5-2-6-14-22/h1,3-4,7-12H,2,5-6,13-15H2,(H,24,27). The molecule has 0 atom stereocenters. The molecule has 1 saturated carbocycles. The number of carbonyl (C=O) groups excluding carboxylic acids is 2. The molecule has 28 heavy (non-hydrogen) atoms. The number of halogens is 1. The van der Waals surface area contributed by atoms with Crippen LogP contribution in [-0.2, 0) is 9.59 Å². The number of aliphatic imine (C=N–C) groups is 1. The first kappa shape index (κ1) is 18.3. The van der Waals surface area contributed by atoms with Gasteiger partial charge in [-0.2, -0.15) is 0 Å². The van der Waals surface area contributed by atoms with E-state index in [1.807, 2.05) is 30.3 Å². The van der Waals surface area contributed by atoms with Crippen LogP contribution in [0.5, 0.6) is 0 Å². The molecule has 4 rings (SSSR count). The number of nitrogens with zero attached hydrogens (tertiary/aromatic N) is 2. The summed E-state index contributed by atoms with van der Waals surface area (Å²) < 4.78 is 13.1. The van der Waals surface area contributed by atoms with Crippen LogP contribution in [0.2, 0.25) is 0 Å². The van der Waals surface area contributed by atoms with Crippen molar-refractivity contribution in [2.75, 3.05) is 11.9 Å². The van der Waals surface area contributed by atoms with E-state index in [2.05, 4.69) is 5.32 Å². The highest BCUT2D eigenvalue weighted by Crippen LogP contribution is 2.39. The maximum atomic E-state index is 13.2. The van der Waals surface area contributed by atoms with Gasteiger partial charge in [0.05, 0.1) is 0 Å². The minimum absolute atomic E-state index is 0.0734. The van der Waals surface area contributed by atoms with E-state index in [1.54, 1.807) is 4.90 Å². The molecule has 1 aliphatic heterocycles. The predicted molar refractivity (Wildman–Crippen MR) is 106 cm³/mol. The van der Waals surface area contributed by atoms with E-state index in [0.717, 1.165) is 37.7 Å². The highest BCUT2D eigenvalue weighted by Gasteiger charge is 2.48. The second-order valence-corrected chi connectivity index (χ2v) is 7.32. The van der Waals surface area contributed by atoms with Crippen LogP contribution >= 0.6 is 0 Å². The van der Waals surface area contributed by atoms with E-state index >= 15 is 0 Å². The number of nitrogens with one attached hydrogen (secondary N) is 1. The van der Waals surface area contributed by atoms with Gasteiger partial charge in [-0.15, -0.1) is 0 Å². The Hall–Kier alpha value is -3.02. The van der Waals surface area contributed by atoms with E-state index in [1.165, 1.54) is 24.3 Å². The van der Waals surface area contributed by atoms with Crippen molar-refractivity contribution in [3.8, 4) is 0 Å². The van der Waals surface area contributed by atoms with Gasteiger partial charge in [-0.1, -0.05) is 36.8 Å². The summed E-state index contributed by atoms with van der Waals surface area (Å²) in [5.41, 5.74) is 1.07. The van der Waals surface area contributed by atoms with Gasteiger partial charge in [0.25, 0.3) is 5.91 Å². The minimum atomic E-state index is -0.638. The zero-order valence-electron chi connectivity index (χ0n) is 15.5. The van der Waals surface area contributed by atoms with E-state index in [0.29, 0.717) is 11.4 Å². The number of hydrogen-bond acceptors (Lipinski definition) is 3. The van der Waals surface area contributed by atoms with Crippen LogP contribution in [-0.4, -0.2) is 34.6 Å². The zero-order chi connectivity index (χ0) is 19.6. The number of benzene rings is 2. The molecule has 2 amide bonds. The van der Waals surface area contributed by atoms with Crippen LogP contribution in [0.15, 0.2) is 59.6 Å². The van der Waals surface area contributed by atoms with Crippen LogP contribution in [0.3, 0.4) is 0 Å². The lowest BCUT2D eigenvalue weighted by molar-refractivity contribution is -0.134. The molecule has 1 N–H and O–H groups in total. The molecule has 144 valence electrons. The second-order valence-electron chi connectivity index (χ2n) is 7.32. The molecule has 2 aromatic rings. The van der Waals surface area contributed by atoms with Crippen molar-refractivity contribution in [2.45, 2.75) is 37.8 Å². The van der Waals surface area contributed by atoms with Crippen molar-refractivity contribution in [1.82, 2.24) is 4.90 Å². The third kappa shape index (κ3) is 3.54. The lowest BCUT2D eigenvalue weighted by Crippen LogP contribution is -2.51. The van der Waals surface area contributed by atoms with Gasteiger partial charge in [-0.05, 0) is 49.9 Å². The van der Waals surface area contributed by atoms with Crippen LogP contribution in [0.4, 0.5) is 10.1 Å². The molecule has 1 heterocycles. The summed E-state index contributed by atoms with van der Waals surface area (Å²) in [7, 11) is 0. The largest absolute Gasteiger partial charge is 0.325 e. The van der Waals surface area contributed by atoms with Gasteiger partial charge in [-0.3, -0.25) is 14.6 Å². The topological polar surface area (TPSA) is 61.8 Å². The first-order valence-corrected chi connectivity index (χ1v) is 9.60. The zero-order valence-corrected chi connectivity index (χ0v) is 15.5. The average molecular weight is 379 g/mol. The fourth-order valence-electron chi connectivity index (χ4n) is 4.01. The summed E-state index contributed by atoms with van der Waals surface area (Å²) in [5.74, 6) is -0.883. The van der Waals surface area contributed by atoms with Crippen molar-refractivity contribution < 1.29 is 14.0 Å². The predicted octanol–water partition coefficient (Wildman–Crippen LogP) is 3.76. The SMILES string of the molecule is O=C(CN1C(=O)C(c2ccccc2)=NC12CCCCC2)Nc1ccc(F)cc1. The highest BCUT2D eigenvalue weighted by atomic mass is 19.1. The van der Waals surface area contributed by atoms with Crippen molar-refractivity contribution in [1.29, 1.82) is 0 Å². The number of anilines is 1. The Morgan fingerprint density at radius 2 is 1.71 bits per heavy atom. The van der Waals surface area contributed by atoms with E-state index in [4.69, 9.17) is 4.99 Å². The van der Waals surface area contributed by atoms with Gasteiger partial charge in [0.2, 0.25) is 5.91 Å². The molecule has 1 spiro atoms. The van der Waals surface area contributed by atoms with Crippen LogP contribution in [0.1, 0.15) is 37.7 Å². The maximum absolute atomic E-state index is 13.2. The smallest absolute Gasteiger partial charge is 0.275 e. The first-order chi connectivity index (χ1) is 13.6. The Balaban J connectivity index is 1.57. The summed E-state index contributed by atoms with van der Waals surface area (Å²) in [5, 5.41) is 2.74. The third-order valence-corrected chi connectivity index (χ3v) is 5.40. The Labute approximate surface area is 163 Å². The van der Waals surface area contributed by atoms with Crippen molar-refractivity contribution in [3.05, 3.63) is 66.0 Å². The van der Waals surface area contributed by atoms with Crippen LogP contribution in [0, 0.1) is 5.82 Å². The van der Waals surface area contributed by atoms with Gasteiger partial charge in [0.1, 0.15) is 23.7 Å². The van der Waals surface area contributed by atoms with Gasteiger partial charge in [0, 0.05) is 11.3 Å². The van der Waals surface area contributed by atoms with Gasteiger partial charge >= 0.3 is 0 Å². The average Bonchev–Trinajstić information content (AvgIpc) is 2.97. The van der Waals surface area contributed by atoms with Crippen LogP contribution in [0.25, 0.3) is 0 Å². The molecule has 2 aliphatic rings. The molecular formula is C22H22FN3O2. The second kappa shape index (κ2) is 7.54. The van der Waals surface area contributed by atoms with E-state index in [9.17, 15) is 14.0 Å². The van der Waals surface area contributed by atoms with Gasteiger partial charge < -0.3 is 10.2 Å². The highest BCUT2D eigenvalue weighted by molar-refractivity contribution is 6.47. The molecular weight excluding hydrogens is 357 g/mol. The summed E-state index contributed by atoms with van der Waals surface area (Å²) in [4.78, 5) is 32.3. The summed E-state index contributed by atoms with van der Waals surface area (Å²) in [6, 6.07) is 15.0. The normalized spacial score (nSPS) is 18.2. The number of amides is 2. The third-order valence-electron chi connectivity index (χ3n) is 5.40. The molecule has 1 fully saturated rings. The van der Waals surface area contributed by atoms with Crippen molar-refractivity contribution >= 4 is 23.2 Å². The molecule has 5 nitrogen and oxygen atoms in total. The van der Waals surface area contributed by atoms with E-state index < -0.39 is 5.66 Å². The Morgan fingerprint density at radius 3 is 2.39 bits per heavy atom. The fourth-order valence-corrected chi connectivity index (χ4v) is 4.01. The summed E-state index contributed by atoms with van der Waals surface area (Å²) >= 11 is 0. The Morgan fingerprint density at radius 1 is 1.04 bits per heavy atom. The molecule has 0 unspecified atom stereocenters. The molecule has 6 heteroatoms. The minimum Gasteiger partial charge on any atom is -0.325 e. The Kier molecular flexibility index (Phi) is 4.94. The van der Waals surface area contributed by atoms with Gasteiger partial charge in [-0.25, -0.2) is 4.39 Å². The van der Waals surface area contributed by atoms with Gasteiger partial charge in [0.15, 0.2) is 0 Å². The van der Waals surface area contributed by atoms with E-state index in [-0.39, 0.29) is 24.2 Å². The Bertz CT molecular complexity index is 903. The number of rotatable bonds is 4. The molecule has 1 aliphatic carbocycles. The lowest BCUT2D eigenvalue weighted by atomic mass is 9.88. The maximum Gasteiger partial charge on any atom is 0.275 e.